The van der Waals surface area contributed by atoms with Gasteiger partial charge in [0.05, 0.1) is 0 Å². The van der Waals surface area contributed by atoms with E-state index in [2.05, 4.69) is 184 Å². The van der Waals surface area contributed by atoms with Gasteiger partial charge < -0.3 is 0 Å². The number of rotatable bonds is 4. The van der Waals surface area contributed by atoms with Crippen molar-refractivity contribution in [1.29, 1.82) is 0 Å². The van der Waals surface area contributed by atoms with E-state index in [4.69, 9.17) is 0 Å². The maximum Gasteiger partial charge on any atom is -0.00262 e. The predicted molar refractivity (Wildman–Crippen MR) is 208 cm³/mol. The highest BCUT2D eigenvalue weighted by molar-refractivity contribution is 6.21. The monoisotopic (exact) mass is 610 g/mol. The zero-order chi connectivity index (χ0) is 32.2. The first-order valence-electron chi connectivity index (χ1n) is 16.8. The van der Waals surface area contributed by atoms with Gasteiger partial charge in [-0.05, 0) is 125 Å². The summed E-state index contributed by atoms with van der Waals surface area (Å²) in [7, 11) is 0. The standard InChI is InChI=1S/C48H34/c1-31-25-28-37(30-45(31)46-32(2)26-27-34-14-4-6-19-40(34)46)48-43-22-9-7-20-41(43)47(42-21-8-10-23-44(42)48)36-17-11-16-35(29-36)39-24-12-15-33-13-3-5-18-38(33)39/h3-30H,1-2H3. The maximum atomic E-state index is 2.43. The molecule has 0 heteroatoms. The van der Waals surface area contributed by atoms with Crippen LogP contribution in [0.4, 0.5) is 0 Å². The van der Waals surface area contributed by atoms with Gasteiger partial charge in [-0.15, -0.1) is 0 Å². The number of hydrogen-bond donors (Lipinski definition) is 0. The lowest BCUT2D eigenvalue weighted by Gasteiger charge is -2.20. The van der Waals surface area contributed by atoms with Gasteiger partial charge in [-0.2, -0.15) is 0 Å². The summed E-state index contributed by atoms with van der Waals surface area (Å²) in [6, 6.07) is 62.6. The van der Waals surface area contributed by atoms with Crippen LogP contribution in [0.15, 0.2) is 170 Å². The zero-order valence-corrected chi connectivity index (χ0v) is 27.2. The Morgan fingerprint density at radius 3 is 1.42 bits per heavy atom. The van der Waals surface area contributed by atoms with Gasteiger partial charge in [0.15, 0.2) is 0 Å². The second-order valence-corrected chi connectivity index (χ2v) is 13.0. The lowest BCUT2D eigenvalue weighted by atomic mass is 9.83. The minimum absolute atomic E-state index is 1.23. The van der Waals surface area contributed by atoms with Gasteiger partial charge >= 0.3 is 0 Å². The minimum atomic E-state index is 1.23. The van der Waals surface area contributed by atoms with E-state index in [0.29, 0.717) is 0 Å². The van der Waals surface area contributed by atoms with Crippen LogP contribution >= 0.6 is 0 Å². The van der Waals surface area contributed by atoms with Crippen molar-refractivity contribution in [3.05, 3.63) is 181 Å². The molecule has 0 aliphatic heterocycles. The van der Waals surface area contributed by atoms with Crippen LogP contribution in [0.1, 0.15) is 11.1 Å². The van der Waals surface area contributed by atoms with Crippen molar-refractivity contribution in [2.24, 2.45) is 0 Å². The van der Waals surface area contributed by atoms with Gasteiger partial charge in [-0.3, -0.25) is 0 Å². The number of benzene rings is 9. The smallest absolute Gasteiger partial charge is 0.00262 e. The molecule has 0 saturated heterocycles. The third-order valence-corrected chi connectivity index (χ3v) is 10.1. The molecule has 9 aromatic carbocycles. The van der Waals surface area contributed by atoms with Crippen LogP contribution in [-0.2, 0) is 0 Å². The molecule has 0 aliphatic carbocycles. The van der Waals surface area contributed by atoms with Gasteiger partial charge in [-0.1, -0.05) is 158 Å². The molecule has 48 heavy (non-hydrogen) atoms. The third-order valence-electron chi connectivity index (χ3n) is 10.1. The molecule has 0 N–H and O–H groups in total. The molecular weight excluding hydrogens is 577 g/mol. The first kappa shape index (κ1) is 28.3. The van der Waals surface area contributed by atoms with E-state index in [1.54, 1.807) is 0 Å². The van der Waals surface area contributed by atoms with Crippen LogP contribution < -0.4 is 0 Å². The van der Waals surface area contributed by atoms with Gasteiger partial charge in [-0.25, -0.2) is 0 Å². The summed E-state index contributed by atoms with van der Waals surface area (Å²) in [4.78, 5) is 0. The number of aryl methyl sites for hydroxylation is 2. The van der Waals surface area contributed by atoms with Crippen LogP contribution in [-0.4, -0.2) is 0 Å². The van der Waals surface area contributed by atoms with Crippen molar-refractivity contribution < 1.29 is 0 Å². The van der Waals surface area contributed by atoms with Gasteiger partial charge in [0.1, 0.15) is 0 Å². The summed E-state index contributed by atoms with van der Waals surface area (Å²) in [6.45, 7) is 4.47. The molecule has 0 spiro atoms. The van der Waals surface area contributed by atoms with E-state index in [-0.39, 0.29) is 0 Å². The van der Waals surface area contributed by atoms with Crippen molar-refractivity contribution in [2.75, 3.05) is 0 Å². The molecule has 0 bridgehead atoms. The van der Waals surface area contributed by atoms with Crippen molar-refractivity contribution >= 4 is 43.1 Å². The molecule has 0 heterocycles. The van der Waals surface area contributed by atoms with Gasteiger partial charge in [0.2, 0.25) is 0 Å². The van der Waals surface area contributed by atoms with Crippen molar-refractivity contribution in [2.45, 2.75) is 13.8 Å². The van der Waals surface area contributed by atoms with E-state index in [1.807, 2.05) is 0 Å². The quantitative estimate of drug-likeness (QED) is 0.174. The highest BCUT2D eigenvalue weighted by atomic mass is 14.2. The SMILES string of the molecule is Cc1ccc(-c2c3ccccc3c(-c3cccc(-c4cccc5ccccc45)c3)c3ccccc23)cc1-c1c(C)ccc2ccccc12. The molecule has 0 aromatic heterocycles. The molecule has 0 nitrogen and oxygen atoms in total. The minimum Gasteiger partial charge on any atom is -0.0616 e. The third kappa shape index (κ3) is 4.53. The second-order valence-electron chi connectivity index (χ2n) is 13.0. The molecule has 0 aliphatic rings. The predicted octanol–water partition coefficient (Wildman–Crippen LogP) is 13.6. The van der Waals surface area contributed by atoms with Crippen molar-refractivity contribution in [3.8, 4) is 44.5 Å². The summed E-state index contributed by atoms with van der Waals surface area (Å²) >= 11 is 0. The Bertz CT molecular complexity index is 2630. The lowest BCUT2D eigenvalue weighted by molar-refractivity contribution is 1.43. The number of hydrogen-bond acceptors (Lipinski definition) is 0. The molecular formula is C48H34. The second kappa shape index (κ2) is 11.4. The largest absolute Gasteiger partial charge is 0.0616 e. The van der Waals surface area contributed by atoms with E-state index in [9.17, 15) is 0 Å². The molecule has 0 amide bonds. The topological polar surface area (TPSA) is 0 Å². The van der Waals surface area contributed by atoms with Crippen LogP contribution in [0.25, 0.3) is 87.6 Å². The lowest BCUT2D eigenvalue weighted by Crippen LogP contribution is -1.93. The summed E-state index contributed by atoms with van der Waals surface area (Å²) in [5, 5.41) is 10.2. The molecule has 0 unspecified atom stereocenters. The number of fused-ring (bicyclic) bond motifs is 4. The molecule has 0 saturated carbocycles. The van der Waals surface area contributed by atoms with E-state index < -0.39 is 0 Å². The molecule has 9 rings (SSSR count). The fourth-order valence-electron chi connectivity index (χ4n) is 7.85. The van der Waals surface area contributed by atoms with Crippen LogP contribution in [0.2, 0.25) is 0 Å². The Morgan fingerprint density at radius 2 is 0.750 bits per heavy atom. The highest BCUT2D eigenvalue weighted by Crippen LogP contribution is 2.46. The Balaban J connectivity index is 1.30. The Kier molecular flexibility index (Phi) is 6.69. The molecule has 226 valence electrons. The molecule has 0 atom stereocenters. The average Bonchev–Trinajstić information content (AvgIpc) is 3.14. The molecule has 9 aromatic rings. The first-order chi connectivity index (χ1) is 23.7. The highest BCUT2D eigenvalue weighted by Gasteiger charge is 2.19. The molecule has 0 radical (unpaired) electrons. The van der Waals surface area contributed by atoms with Gasteiger partial charge in [0.25, 0.3) is 0 Å². The molecule has 0 fully saturated rings. The van der Waals surface area contributed by atoms with E-state index in [0.717, 1.165) is 0 Å². The van der Waals surface area contributed by atoms with E-state index >= 15 is 0 Å². The van der Waals surface area contributed by atoms with Gasteiger partial charge in [0, 0.05) is 0 Å². The van der Waals surface area contributed by atoms with Crippen LogP contribution in [0, 0.1) is 13.8 Å². The summed E-state index contributed by atoms with van der Waals surface area (Å²) in [6.07, 6.45) is 0. The fraction of sp³-hybridized carbons (Fsp3) is 0.0417. The van der Waals surface area contributed by atoms with Crippen molar-refractivity contribution in [3.63, 3.8) is 0 Å². The summed E-state index contributed by atoms with van der Waals surface area (Å²) in [5.41, 5.74) is 12.7. The van der Waals surface area contributed by atoms with Crippen LogP contribution in [0.5, 0.6) is 0 Å². The Labute approximate surface area is 281 Å². The van der Waals surface area contributed by atoms with E-state index in [1.165, 1.54) is 98.7 Å². The van der Waals surface area contributed by atoms with Crippen molar-refractivity contribution in [1.82, 2.24) is 0 Å². The zero-order valence-electron chi connectivity index (χ0n) is 27.2. The maximum absolute atomic E-state index is 2.43. The Hall–Kier alpha value is -5.98. The average molecular weight is 611 g/mol. The first-order valence-corrected chi connectivity index (χ1v) is 16.8. The summed E-state index contributed by atoms with van der Waals surface area (Å²) in [5.74, 6) is 0. The fourth-order valence-corrected chi connectivity index (χ4v) is 7.85. The Morgan fingerprint density at radius 1 is 0.271 bits per heavy atom. The summed E-state index contributed by atoms with van der Waals surface area (Å²) < 4.78 is 0. The van der Waals surface area contributed by atoms with Crippen LogP contribution in [0.3, 0.4) is 0 Å². The normalized spacial score (nSPS) is 11.5.